The van der Waals surface area contributed by atoms with Gasteiger partial charge in [0.15, 0.2) is 0 Å². The number of rotatable bonds is 9. The Bertz CT molecular complexity index is 1560. The molecule has 3 aromatic carbocycles. The molecule has 1 aliphatic heterocycles. The number of aliphatic hydroxyl groups excluding tert-OH is 1. The molecular weight excluding hydrogens is 504 g/mol. The van der Waals surface area contributed by atoms with Crippen LogP contribution in [-0.2, 0) is 16.0 Å². The predicted molar refractivity (Wildman–Crippen MR) is 156 cm³/mol. The van der Waals surface area contributed by atoms with Crippen LogP contribution in [0.5, 0.6) is 11.5 Å². The zero-order valence-electron chi connectivity index (χ0n) is 23.2. The minimum Gasteiger partial charge on any atom is -0.507 e. The summed E-state index contributed by atoms with van der Waals surface area (Å²) in [5.41, 5.74) is 4.45. The number of H-pyrrole nitrogens is 1. The van der Waals surface area contributed by atoms with Crippen molar-refractivity contribution >= 4 is 28.4 Å². The van der Waals surface area contributed by atoms with Crippen molar-refractivity contribution in [1.29, 1.82) is 0 Å². The van der Waals surface area contributed by atoms with Crippen LogP contribution in [-0.4, -0.2) is 46.9 Å². The predicted octanol–water partition coefficient (Wildman–Crippen LogP) is 6.36. The Kier molecular flexibility index (Phi) is 7.65. The molecular formula is C33H34N2O5. The van der Waals surface area contributed by atoms with Crippen LogP contribution in [0, 0.1) is 0 Å². The van der Waals surface area contributed by atoms with Crippen molar-refractivity contribution in [3.8, 4) is 11.5 Å². The number of likely N-dealkylation sites (tertiary alicyclic amines) is 1. The van der Waals surface area contributed by atoms with Gasteiger partial charge in [-0.25, -0.2) is 0 Å². The quantitative estimate of drug-likeness (QED) is 0.147. The van der Waals surface area contributed by atoms with Crippen LogP contribution >= 0.6 is 0 Å². The normalized spacial score (nSPS) is 16.7. The maximum absolute atomic E-state index is 13.5. The molecule has 1 unspecified atom stereocenters. The Morgan fingerprint density at radius 2 is 1.70 bits per heavy atom. The topological polar surface area (TPSA) is 91.9 Å². The fraction of sp³-hybridized carbons (Fsp3) is 0.273. The fourth-order valence-corrected chi connectivity index (χ4v) is 5.28. The van der Waals surface area contributed by atoms with Crippen molar-refractivity contribution in [3.05, 3.63) is 101 Å². The molecule has 1 atom stereocenters. The van der Waals surface area contributed by atoms with Gasteiger partial charge in [-0.1, -0.05) is 38.1 Å². The van der Waals surface area contributed by atoms with Crippen LogP contribution in [0.1, 0.15) is 55.0 Å². The number of aromatic amines is 1. The SMILES string of the molecule is CCOc1ccc(/C(O)=C2/C(=O)C(=O)N(CCc3c[nH]c4ccc(OC)cc34)C2c2ccc(C(C)C)cc2)cc1. The van der Waals surface area contributed by atoms with Gasteiger partial charge in [-0.2, -0.15) is 0 Å². The van der Waals surface area contributed by atoms with E-state index in [0.717, 1.165) is 33.3 Å². The molecule has 1 aromatic heterocycles. The number of Topliss-reactive ketones (excluding diaryl/α,β-unsaturated/α-hetero) is 1. The molecule has 7 heteroatoms. The lowest BCUT2D eigenvalue weighted by atomic mass is 9.93. The highest BCUT2D eigenvalue weighted by Crippen LogP contribution is 2.40. The number of fused-ring (bicyclic) bond motifs is 1. The van der Waals surface area contributed by atoms with Gasteiger partial charge in [0.2, 0.25) is 0 Å². The Morgan fingerprint density at radius 3 is 2.35 bits per heavy atom. The molecule has 1 amide bonds. The van der Waals surface area contributed by atoms with Gasteiger partial charge in [-0.3, -0.25) is 9.59 Å². The lowest BCUT2D eigenvalue weighted by molar-refractivity contribution is -0.139. The van der Waals surface area contributed by atoms with E-state index in [1.807, 2.05) is 55.6 Å². The molecule has 0 bridgehead atoms. The third kappa shape index (κ3) is 5.07. The van der Waals surface area contributed by atoms with Gasteiger partial charge in [-0.05, 0) is 78.4 Å². The van der Waals surface area contributed by atoms with Crippen molar-refractivity contribution in [2.45, 2.75) is 39.2 Å². The van der Waals surface area contributed by atoms with E-state index >= 15 is 0 Å². The fourth-order valence-electron chi connectivity index (χ4n) is 5.28. The van der Waals surface area contributed by atoms with E-state index in [1.54, 1.807) is 36.3 Å². The number of aromatic nitrogens is 1. The number of nitrogens with one attached hydrogen (secondary N) is 1. The van der Waals surface area contributed by atoms with E-state index < -0.39 is 17.7 Å². The monoisotopic (exact) mass is 538 g/mol. The maximum atomic E-state index is 13.5. The van der Waals surface area contributed by atoms with Crippen molar-refractivity contribution in [2.24, 2.45) is 0 Å². The average molecular weight is 539 g/mol. The van der Waals surface area contributed by atoms with Crippen LogP contribution in [0.2, 0.25) is 0 Å². The molecule has 1 aliphatic rings. The molecule has 40 heavy (non-hydrogen) atoms. The summed E-state index contributed by atoms with van der Waals surface area (Å²) < 4.78 is 10.9. The molecule has 0 spiro atoms. The highest BCUT2D eigenvalue weighted by molar-refractivity contribution is 6.46. The summed E-state index contributed by atoms with van der Waals surface area (Å²) >= 11 is 0. The van der Waals surface area contributed by atoms with Crippen molar-refractivity contribution < 1.29 is 24.2 Å². The van der Waals surface area contributed by atoms with E-state index in [0.29, 0.717) is 36.8 Å². The second-order valence-corrected chi connectivity index (χ2v) is 10.2. The van der Waals surface area contributed by atoms with Gasteiger partial charge in [0.05, 0.1) is 25.3 Å². The summed E-state index contributed by atoms with van der Waals surface area (Å²) in [6.07, 6.45) is 2.44. The molecule has 4 aromatic rings. The van der Waals surface area contributed by atoms with Gasteiger partial charge in [0, 0.05) is 29.2 Å². The number of aliphatic hydroxyl groups is 1. The highest BCUT2D eigenvalue weighted by atomic mass is 16.5. The Labute approximate surface area is 234 Å². The minimum atomic E-state index is -0.715. The smallest absolute Gasteiger partial charge is 0.295 e. The molecule has 1 saturated heterocycles. The van der Waals surface area contributed by atoms with Gasteiger partial charge in [0.25, 0.3) is 11.7 Å². The summed E-state index contributed by atoms with van der Waals surface area (Å²) in [5.74, 6) is 0.236. The van der Waals surface area contributed by atoms with Crippen LogP contribution < -0.4 is 9.47 Å². The van der Waals surface area contributed by atoms with Gasteiger partial charge >= 0.3 is 0 Å². The molecule has 2 N–H and O–H groups in total. The second kappa shape index (κ2) is 11.3. The first-order chi connectivity index (χ1) is 19.3. The van der Waals surface area contributed by atoms with Crippen LogP contribution in [0.15, 0.2) is 78.5 Å². The summed E-state index contributed by atoms with van der Waals surface area (Å²) in [6, 6.07) is 19.9. The maximum Gasteiger partial charge on any atom is 0.295 e. The molecule has 2 heterocycles. The largest absolute Gasteiger partial charge is 0.507 e. The number of ketones is 1. The Morgan fingerprint density at radius 1 is 1.00 bits per heavy atom. The average Bonchev–Trinajstić information content (AvgIpc) is 3.49. The van der Waals surface area contributed by atoms with Crippen LogP contribution in [0.25, 0.3) is 16.7 Å². The zero-order chi connectivity index (χ0) is 28.4. The minimum absolute atomic E-state index is 0.0899. The summed E-state index contributed by atoms with van der Waals surface area (Å²) in [7, 11) is 1.63. The first-order valence-corrected chi connectivity index (χ1v) is 13.6. The summed E-state index contributed by atoms with van der Waals surface area (Å²) in [5, 5.41) is 12.4. The highest BCUT2D eigenvalue weighted by Gasteiger charge is 2.45. The third-order valence-electron chi connectivity index (χ3n) is 7.49. The number of carbonyl (C=O) groups is 2. The van der Waals surface area contributed by atoms with Crippen LogP contribution in [0.4, 0.5) is 0 Å². The van der Waals surface area contributed by atoms with Gasteiger partial charge in [0.1, 0.15) is 17.3 Å². The van der Waals surface area contributed by atoms with E-state index in [4.69, 9.17) is 9.47 Å². The second-order valence-electron chi connectivity index (χ2n) is 10.2. The molecule has 1 fully saturated rings. The number of ether oxygens (including phenoxy) is 2. The third-order valence-corrected chi connectivity index (χ3v) is 7.49. The summed E-state index contributed by atoms with van der Waals surface area (Å²) in [4.78, 5) is 31.8. The van der Waals surface area contributed by atoms with Crippen molar-refractivity contribution in [3.63, 3.8) is 0 Å². The lowest BCUT2D eigenvalue weighted by Gasteiger charge is -2.25. The number of hydrogen-bond donors (Lipinski definition) is 2. The van der Waals surface area contributed by atoms with Gasteiger partial charge < -0.3 is 24.5 Å². The number of benzene rings is 3. The van der Waals surface area contributed by atoms with E-state index in [-0.39, 0.29) is 11.3 Å². The number of amides is 1. The molecule has 0 radical (unpaired) electrons. The summed E-state index contributed by atoms with van der Waals surface area (Å²) in [6.45, 7) is 6.94. The van der Waals surface area contributed by atoms with E-state index in [2.05, 4.69) is 18.8 Å². The molecule has 7 nitrogen and oxygen atoms in total. The Balaban J connectivity index is 1.54. The number of methoxy groups -OCH3 is 1. The number of carbonyl (C=O) groups excluding carboxylic acids is 2. The van der Waals surface area contributed by atoms with Crippen molar-refractivity contribution in [2.75, 3.05) is 20.3 Å². The molecule has 0 aliphatic carbocycles. The first kappa shape index (κ1) is 27.1. The lowest BCUT2D eigenvalue weighted by Crippen LogP contribution is -2.31. The molecule has 5 rings (SSSR count). The first-order valence-electron chi connectivity index (χ1n) is 13.6. The number of hydrogen-bond acceptors (Lipinski definition) is 5. The van der Waals surface area contributed by atoms with Gasteiger partial charge in [-0.15, -0.1) is 0 Å². The molecule has 206 valence electrons. The Hall–Kier alpha value is -4.52. The number of nitrogens with zero attached hydrogens (tertiary/aromatic N) is 1. The van der Waals surface area contributed by atoms with Crippen molar-refractivity contribution in [1.82, 2.24) is 9.88 Å². The van der Waals surface area contributed by atoms with E-state index in [1.165, 1.54) is 0 Å². The standard InChI is InChI=1S/C33H34N2O5/c1-5-40-25-12-10-23(11-13-25)31(36)29-30(22-8-6-21(7-9-22)20(2)3)35(33(38)32(29)37)17-16-24-19-34-28-15-14-26(39-4)18-27(24)28/h6-15,18-20,30,34,36H,5,16-17H2,1-4H3/b31-29-. The zero-order valence-corrected chi connectivity index (χ0v) is 23.2. The van der Waals surface area contributed by atoms with Crippen LogP contribution in [0.3, 0.4) is 0 Å². The van der Waals surface area contributed by atoms with E-state index in [9.17, 15) is 14.7 Å². The molecule has 0 saturated carbocycles.